The van der Waals surface area contributed by atoms with Crippen molar-refractivity contribution in [3.05, 3.63) is 40.9 Å². The van der Waals surface area contributed by atoms with Crippen LogP contribution in [-0.2, 0) is 4.79 Å². The van der Waals surface area contributed by atoms with Crippen molar-refractivity contribution in [1.29, 1.82) is 0 Å². The minimum atomic E-state index is -1.65. The maximum absolute atomic E-state index is 12.9. The molecule has 5 nitrogen and oxygen atoms in total. The Hall–Kier alpha value is -1.79. The van der Waals surface area contributed by atoms with Gasteiger partial charge >= 0.3 is 5.66 Å². The summed E-state index contributed by atoms with van der Waals surface area (Å²) in [6.07, 6.45) is 0. The molecule has 0 spiro atoms. The van der Waals surface area contributed by atoms with E-state index in [9.17, 15) is 19.6 Å². The van der Waals surface area contributed by atoms with Crippen molar-refractivity contribution in [1.82, 2.24) is 5.06 Å². The Kier molecular flexibility index (Phi) is 3.15. The van der Waals surface area contributed by atoms with E-state index >= 15 is 0 Å². The van der Waals surface area contributed by atoms with Crippen LogP contribution in [0.25, 0.3) is 0 Å². The number of halogens is 1. The monoisotopic (exact) mass is 266 g/mol. The third-order valence-electron chi connectivity index (χ3n) is 3.63. The average Bonchev–Trinajstić information content (AvgIpc) is 2.54. The van der Waals surface area contributed by atoms with E-state index in [0.717, 1.165) is 5.06 Å². The molecule has 1 aliphatic rings. The zero-order chi connectivity index (χ0) is 14.4. The fourth-order valence-electron chi connectivity index (χ4n) is 2.27. The second-order valence-corrected chi connectivity index (χ2v) is 4.78. The van der Waals surface area contributed by atoms with Crippen LogP contribution in [0.2, 0.25) is 0 Å². The number of hydroxylamine groups is 3. The Balaban J connectivity index is 2.58. The first-order valence-electron chi connectivity index (χ1n) is 5.89. The number of hydrogen-bond donors (Lipinski definition) is 1. The molecule has 0 unspecified atom stereocenters. The maximum atomic E-state index is 12.9. The topological polar surface area (TPSA) is 66.6 Å². The summed E-state index contributed by atoms with van der Waals surface area (Å²) in [7, 11) is 0. The maximum Gasteiger partial charge on any atom is 0.307 e. The molecule has 19 heavy (non-hydrogen) atoms. The predicted molar refractivity (Wildman–Crippen MR) is 66.3 cm³/mol. The summed E-state index contributed by atoms with van der Waals surface area (Å²) in [5, 5.41) is 23.1. The van der Waals surface area contributed by atoms with Crippen LogP contribution in [0.4, 0.5) is 4.39 Å². The lowest BCUT2D eigenvalue weighted by Crippen LogP contribution is -2.53. The van der Waals surface area contributed by atoms with Crippen LogP contribution in [0.15, 0.2) is 24.3 Å². The molecule has 0 saturated carbocycles. The summed E-state index contributed by atoms with van der Waals surface area (Å²) < 4.78 is 13.4. The molecule has 1 heterocycles. The molecule has 102 valence electrons. The van der Waals surface area contributed by atoms with Crippen LogP contribution in [0, 0.1) is 11.0 Å². The van der Waals surface area contributed by atoms with Gasteiger partial charge in [-0.05, 0) is 31.2 Å². The molecule has 0 radical (unpaired) electrons. The number of carbonyl (C=O) groups excluding carboxylic acids is 1. The number of ketones is 1. The van der Waals surface area contributed by atoms with Gasteiger partial charge in [0.05, 0.1) is 0 Å². The number of Topliss-reactive ketones (excluding diaryl/α,β-unsaturated/α-hetero) is 1. The molecule has 0 aliphatic carbocycles. The standard InChI is InChI=1S/C13H15FN2O3/c1-8-12(10-4-6-11(14)7-5-10)16(19)13(3,9(2)17)15(8)18/h4-8,18H,1-3H3/t8-,13-/m0/s1. The highest BCUT2D eigenvalue weighted by Gasteiger charge is 2.56. The summed E-state index contributed by atoms with van der Waals surface area (Å²) in [6.45, 7) is 4.21. The first kappa shape index (κ1) is 13.6. The summed E-state index contributed by atoms with van der Waals surface area (Å²) in [5.41, 5.74) is -0.934. The first-order valence-corrected chi connectivity index (χ1v) is 5.89. The Labute approximate surface area is 110 Å². The third kappa shape index (κ3) is 1.84. The van der Waals surface area contributed by atoms with Crippen molar-refractivity contribution in [3.63, 3.8) is 0 Å². The molecule has 1 aliphatic heterocycles. The van der Waals surface area contributed by atoms with Gasteiger partial charge in [0.25, 0.3) is 0 Å². The molecule has 1 aromatic rings. The van der Waals surface area contributed by atoms with Crippen LogP contribution in [0.3, 0.4) is 0 Å². The van der Waals surface area contributed by atoms with Gasteiger partial charge in [-0.25, -0.2) is 4.39 Å². The highest BCUT2D eigenvalue weighted by Crippen LogP contribution is 2.28. The summed E-state index contributed by atoms with van der Waals surface area (Å²) >= 11 is 0. The fraction of sp³-hybridized carbons (Fsp3) is 0.385. The second kappa shape index (κ2) is 4.40. The summed E-state index contributed by atoms with van der Waals surface area (Å²) in [4.78, 5) is 11.6. The quantitative estimate of drug-likeness (QED) is 0.651. The minimum Gasteiger partial charge on any atom is -0.622 e. The van der Waals surface area contributed by atoms with Gasteiger partial charge in [-0.3, -0.25) is 4.79 Å². The van der Waals surface area contributed by atoms with Crippen LogP contribution in [0.1, 0.15) is 26.3 Å². The molecule has 0 fully saturated rings. The summed E-state index contributed by atoms with van der Waals surface area (Å²) in [6, 6.07) is 4.71. The van der Waals surface area contributed by atoms with E-state index < -0.39 is 23.3 Å². The fourth-order valence-corrected chi connectivity index (χ4v) is 2.27. The molecule has 0 saturated heterocycles. The molecule has 1 N–H and O–H groups in total. The highest BCUT2D eigenvalue weighted by atomic mass is 19.1. The molecule has 0 aromatic heterocycles. The van der Waals surface area contributed by atoms with E-state index in [1.54, 1.807) is 6.92 Å². The van der Waals surface area contributed by atoms with Gasteiger partial charge in [0.2, 0.25) is 11.5 Å². The molecule has 0 bridgehead atoms. The number of hydrogen-bond acceptors (Lipinski definition) is 4. The lowest BCUT2D eigenvalue weighted by atomic mass is 10.1. The van der Waals surface area contributed by atoms with E-state index in [1.165, 1.54) is 38.1 Å². The van der Waals surface area contributed by atoms with Crippen molar-refractivity contribution in [2.75, 3.05) is 0 Å². The van der Waals surface area contributed by atoms with Crippen LogP contribution < -0.4 is 0 Å². The zero-order valence-electron chi connectivity index (χ0n) is 10.9. The molecule has 0 amide bonds. The SMILES string of the molecule is CC(=O)[C@@]1(C)N(O)[C@@H](C)C(c2ccc(F)cc2)=[N+]1[O-]. The number of carbonyl (C=O) groups is 1. The van der Waals surface area contributed by atoms with Gasteiger partial charge in [0, 0.05) is 19.4 Å². The smallest absolute Gasteiger partial charge is 0.307 e. The Bertz CT molecular complexity index is 556. The van der Waals surface area contributed by atoms with E-state index in [2.05, 4.69) is 0 Å². The van der Waals surface area contributed by atoms with E-state index in [4.69, 9.17) is 0 Å². The lowest BCUT2D eigenvalue weighted by Gasteiger charge is -2.26. The van der Waals surface area contributed by atoms with Crippen molar-refractivity contribution in [2.45, 2.75) is 32.5 Å². The van der Waals surface area contributed by atoms with Crippen molar-refractivity contribution >= 4 is 11.5 Å². The molecular formula is C13H15FN2O3. The normalized spacial score (nSPS) is 27.9. The van der Waals surface area contributed by atoms with Gasteiger partial charge in [0.1, 0.15) is 11.9 Å². The number of nitrogens with zero attached hydrogens (tertiary/aromatic N) is 2. The van der Waals surface area contributed by atoms with Gasteiger partial charge in [-0.1, -0.05) is 0 Å². The van der Waals surface area contributed by atoms with Gasteiger partial charge in [-0.15, -0.1) is 5.06 Å². The van der Waals surface area contributed by atoms with Crippen molar-refractivity contribution in [3.8, 4) is 0 Å². The second-order valence-electron chi connectivity index (χ2n) is 4.78. The van der Waals surface area contributed by atoms with E-state index in [-0.39, 0.29) is 5.71 Å². The van der Waals surface area contributed by atoms with Crippen LogP contribution in [-0.4, -0.2) is 38.2 Å². The number of benzene rings is 1. The third-order valence-corrected chi connectivity index (χ3v) is 3.63. The zero-order valence-corrected chi connectivity index (χ0v) is 10.9. The first-order chi connectivity index (χ1) is 8.80. The highest BCUT2D eigenvalue weighted by molar-refractivity contribution is 6.03. The lowest BCUT2D eigenvalue weighted by molar-refractivity contribution is -0.564. The Morgan fingerprint density at radius 2 is 2.00 bits per heavy atom. The van der Waals surface area contributed by atoms with Crippen molar-refractivity contribution in [2.24, 2.45) is 0 Å². The van der Waals surface area contributed by atoms with Gasteiger partial charge in [-0.2, -0.15) is 4.74 Å². The van der Waals surface area contributed by atoms with E-state index in [1.807, 2.05) is 0 Å². The predicted octanol–water partition coefficient (Wildman–Crippen LogP) is 1.52. The molecule has 6 heteroatoms. The van der Waals surface area contributed by atoms with Crippen molar-refractivity contribution < 1.29 is 19.1 Å². The van der Waals surface area contributed by atoms with Gasteiger partial charge < -0.3 is 10.4 Å². The largest absolute Gasteiger partial charge is 0.622 e. The summed E-state index contributed by atoms with van der Waals surface area (Å²) in [5.74, 6) is -0.878. The Morgan fingerprint density at radius 3 is 2.42 bits per heavy atom. The number of rotatable bonds is 2. The van der Waals surface area contributed by atoms with Crippen LogP contribution >= 0.6 is 0 Å². The Morgan fingerprint density at radius 1 is 1.47 bits per heavy atom. The molecular weight excluding hydrogens is 251 g/mol. The minimum absolute atomic E-state index is 0.236. The van der Waals surface area contributed by atoms with E-state index in [0.29, 0.717) is 10.3 Å². The van der Waals surface area contributed by atoms with Crippen LogP contribution in [0.5, 0.6) is 0 Å². The molecule has 2 rings (SSSR count). The average molecular weight is 266 g/mol. The molecule has 2 atom stereocenters. The molecule has 1 aromatic carbocycles. The van der Waals surface area contributed by atoms with Gasteiger partial charge in [0.15, 0.2) is 0 Å².